The molecule has 0 amide bonds. The third kappa shape index (κ3) is 4.69. The van der Waals surface area contributed by atoms with Crippen LogP contribution in [0.25, 0.3) is 10.8 Å². The van der Waals surface area contributed by atoms with Gasteiger partial charge in [-0.25, -0.2) is 14.7 Å². The van der Waals surface area contributed by atoms with Crippen molar-refractivity contribution in [3.63, 3.8) is 0 Å². The second-order valence-corrected chi connectivity index (χ2v) is 6.55. The van der Waals surface area contributed by atoms with E-state index in [0.717, 1.165) is 27.6 Å². The first-order valence-electron chi connectivity index (χ1n) is 7.69. The Morgan fingerprint density at radius 1 is 1.25 bits per heavy atom. The highest BCUT2D eigenvalue weighted by atomic mass is 16.7. The number of carboxylic acid groups (broad SMARTS) is 1. The highest BCUT2D eigenvalue weighted by molar-refractivity contribution is 5.83. The minimum atomic E-state index is -1.07. The number of aliphatic carboxylic acids is 1. The summed E-state index contributed by atoms with van der Waals surface area (Å²) in [5, 5.41) is 12.8. The average Bonchev–Trinajstić information content (AvgIpc) is 2.50. The molecular weight excluding hydrogens is 306 g/mol. The zero-order chi connectivity index (χ0) is 17.7. The number of hydroxylamine groups is 2. The summed E-state index contributed by atoms with van der Waals surface area (Å²) >= 11 is 0. The third-order valence-electron chi connectivity index (χ3n) is 3.39. The Labute approximate surface area is 141 Å². The molecule has 1 atom stereocenters. The molecule has 0 spiro atoms. The summed E-state index contributed by atoms with van der Waals surface area (Å²) in [6.45, 7) is 5.36. The van der Waals surface area contributed by atoms with Crippen LogP contribution in [0, 0.1) is 0 Å². The molecule has 0 saturated carbocycles. The number of hydrogen-bond acceptors (Lipinski definition) is 4. The average molecular weight is 327 g/mol. The molecule has 0 aliphatic carbocycles. The number of benzene rings is 2. The van der Waals surface area contributed by atoms with Crippen LogP contribution in [0.5, 0.6) is 0 Å². The number of nitrogens with zero attached hydrogens (tertiary/aromatic N) is 1. The summed E-state index contributed by atoms with van der Waals surface area (Å²) < 4.78 is 0. The fourth-order valence-electron chi connectivity index (χ4n) is 2.42. The van der Waals surface area contributed by atoms with Gasteiger partial charge in [0.1, 0.15) is 12.1 Å². The predicted octanol–water partition coefficient (Wildman–Crippen LogP) is 3.21. The van der Waals surface area contributed by atoms with Gasteiger partial charge in [-0.15, -0.1) is 0 Å². The van der Waals surface area contributed by atoms with Gasteiger partial charge in [0, 0.05) is 6.42 Å². The first kappa shape index (κ1) is 17.7. The van der Waals surface area contributed by atoms with Crippen LogP contribution in [0.15, 0.2) is 48.7 Å². The number of fused-ring (bicyclic) bond motifs is 1. The first-order valence-corrected chi connectivity index (χ1v) is 7.69. The minimum absolute atomic E-state index is 0.203. The van der Waals surface area contributed by atoms with Gasteiger partial charge in [-0.05, 0) is 37.1 Å². The van der Waals surface area contributed by atoms with Crippen molar-refractivity contribution in [3.05, 3.63) is 54.2 Å². The maximum absolute atomic E-state index is 11.7. The van der Waals surface area contributed by atoms with Crippen LogP contribution in [0.1, 0.15) is 26.3 Å². The number of hydrogen-bond donors (Lipinski definition) is 1. The summed E-state index contributed by atoms with van der Waals surface area (Å²) in [7, 11) is 0. The van der Waals surface area contributed by atoms with Gasteiger partial charge in [0.2, 0.25) is 0 Å². The molecule has 2 aromatic carbocycles. The smallest absolute Gasteiger partial charge is 0.329 e. The molecule has 0 unspecified atom stereocenters. The summed E-state index contributed by atoms with van der Waals surface area (Å²) in [5.74, 6) is 0.533. The van der Waals surface area contributed by atoms with Crippen molar-refractivity contribution < 1.29 is 19.5 Å². The molecule has 5 nitrogen and oxygen atoms in total. The Bertz CT molecular complexity index is 772. The lowest BCUT2D eigenvalue weighted by molar-refractivity contribution is -0.222. The maximum Gasteiger partial charge on any atom is 0.329 e. The molecule has 126 valence electrons. The second kappa shape index (κ2) is 7.30. The molecule has 0 saturated heterocycles. The summed E-state index contributed by atoms with van der Waals surface area (Å²) in [5.41, 5.74) is 0.215. The first-order chi connectivity index (χ1) is 11.3. The molecule has 5 heteroatoms. The molecule has 2 rings (SSSR count). The largest absolute Gasteiger partial charge is 0.480 e. The van der Waals surface area contributed by atoms with E-state index in [2.05, 4.69) is 0 Å². The maximum atomic E-state index is 11.7. The van der Waals surface area contributed by atoms with E-state index in [1.807, 2.05) is 42.5 Å². The van der Waals surface area contributed by atoms with Crippen molar-refractivity contribution in [2.45, 2.75) is 38.8 Å². The number of carboxylic acids is 1. The Kier molecular flexibility index (Phi) is 5.39. The van der Waals surface area contributed by atoms with Crippen LogP contribution >= 0.6 is 0 Å². The molecule has 24 heavy (non-hydrogen) atoms. The highest BCUT2D eigenvalue weighted by Crippen LogP contribution is 2.20. The van der Waals surface area contributed by atoms with E-state index in [-0.39, 0.29) is 6.42 Å². The lowest BCUT2D eigenvalue weighted by Crippen LogP contribution is -2.43. The standard InChI is InChI=1S/C19H21NO4/c1-19(2,3)24-20(10-11-21)17(18(22)23)13-14-8-9-15-6-4-5-7-16(15)12-14/h4-10,12,17H,13H2,1-3H3,(H,22,23)/t17-/m1/s1. The van der Waals surface area contributed by atoms with Gasteiger partial charge in [-0.2, -0.15) is 0 Å². The number of rotatable bonds is 6. The van der Waals surface area contributed by atoms with Gasteiger partial charge < -0.3 is 5.11 Å². The molecule has 1 N–H and O–H groups in total. The van der Waals surface area contributed by atoms with Crippen molar-refractivity contribution in [2.75, 3.05) is 0 Å². The van der Waals surface area contributed by atoms with Gasteiger partial charge in [0.05, 0.1) is 5.60 Å². The van der Waals surface area contributed by atoms with Crippen LogP contribution in [-0.4, -0.2) is 33.7 Å². The van der Waals surface area contributed by atoms with Gasteiger partial charge in [-0.1, -0.05) is 42.5 Å². The van der Waals surface area contributed by atoms with Crippen LogP contribution in [0.3, 0.4) is 0 Å². The second-order valence-electron chi connectivity index (χ2n) is 6.55. The van der Waals surface area contributed by atoms with Crippen LogP contribution < -0.4 is 0 Å². The molecule has 0 heterocycles. The minimum Gasteiger partial charge on any atom is -0.480 e. The van der Waals surface area contributed by atoms with Gasteiger partial charge in [0.25, 0.3) is 0 Å². The van der Waals surface area contributed by atoms with Crippen LogP contribution in [0.2, 0.25) is 0 Å². The van der Waals surface area contributed by atoms with E-state index >= 15 is 0 Å². The van der Waals surface area contributed by atoms with Gasteiger partial charge in [-0.3, -0.25) is 4.84 Å². The topological polar surface area (TPSA) is 66.8 Å². The van der Waals surface area contributed by atoms with E-state index in [9.17, 15) is 14.7 Å². The zero-order valence-corrected chi connectivity index (χ0v) is 14.0. The van der Waals surface area contributed by atoms with Gasteiger partial charge >= 0.3 is 5.97 Å². The van der Waals surface area contributed by atoms with E-state index in [0.29, 0.717) is 0 Å². The lowest BCUT2D eigenvalue weighted by atomic mass is 10.0. The molecule has 0 aromatic heterocycles. The summed E-state index contributed by atoms with van der Waals surface area (Å²) in [4.78, 5) is 28.1. The molecule has 0 aliphatic heterocycles. The molecule has 0 fully saturated rings. The Morgan fingerprint density at radius 2 is 1.92 bits per heavy atom. The van der Waals surface area contributed by atoms with Crippen molar-refractivity contribution in [3.8, 4) is 0 Å². The molecular formula is C19H21NO4. The van der Waals surface area contributed by atoms with E-state index in [1.165, 1.54) is 0 Å². The van der Waals surface area contributed by atoms with E-state index in [4.69, 9.17) is 4.84 Å². The van der Waals surface area contributed by atoms with Gasteiger partial charge in [0.15, 0.2) is 6.04 Å². The van der Waals surface area contributed by atoms with Crippen LogP contribution in [-0.2, 0) is 20.8 Å². The fraction of sp³-hybridized carbons (Fsp3) is 0.316. The number of carbonyl (C=O) groups excluding carboxylic acids is 1. The zero-order valence-electron chi connectivity index (χ0n) is 14.0. The van der Waals surface area contributed by atoms with Crippen molar-refractivity contribution >= 4 is 22.7 Å². The summed E-state index contributed by atoms with van der Waals surface area (Å²) in [6.07, 6.45) is 1.19. The predicted molar refractivity (Wildman–Crippen MR) is 92.0 cm³/mol. The third-order valence-corrected chi connectivity index (χ3v) is 3.39. The van der Waals surface area contributed by atoms with Crippen molar-refractivity contribution in [2.24, 2.45) is 0 Å². The Balaban J connectivity index is 2.31. The molecule has 0 radical (unpaired) electrons. The Hall–Kier alpha value is -2.62. The fourth-order valence-corrected chi connectivity index (χ4v) is 2.42. The lowest BCUT2D eigenvalue weighted by Gasteiger charge is -2.32. The monoisotopic (exact) mass is 327 g/mol. The number of carbonyl (C=O) groups is 1. The normalized spacial score (nSPS) is 12.5. The summed E-state index contributed by atoms with van der Waals surface area (Å²) in [6, 6.07) is 12.6. The SMILES string of the molecule is CC(C)(C)ON(C=C=O)[C@H](Cc1ccc2ccccc2c1)C(=O)O. The molecule has 0 bridgehead atoms. The van der Waals surface area contributed by atoms with Crippen LogP contribution in [0.4, 0.5) is 0 Å². The Morgan fingerprint density at radius 3 is 2.50 bits per heavy atom. The molecule has 2 aromatic rings. The van der Waals surface area contributed by atoms with Crippen molar-refractivity contribution in [1.29, 1.82) is 0 Å². The van der Waals surface area contributed by atoms with E-state index < -0.39 is 17.6 Å². The van der Waals surface area contributed by atoms with E-state index in [1.54, 1.807) is 26.7 Å². The quantitative estimate of drug-likeness (QED) is 0.652. The molecule has 0 aliphatic rings. The van der Waals surface area contributed by atoms with Crippen molar-refractivity contribution in [1.82, 2.24) is 5.06 Å². The highest BCUT2D eigenvalue weighted by Gasteiger charge is 2.28.